The van der Waals surface area contributed by atoms with Crippen molar-refractivity contribution < 1.29 is 4.79 Å². The van der Waals surface area contributed by atoms with Crippen LogP contribution in [0.15, 0.2) is 24.3 Å². The molecule has 0 bridgehead atoms. The van der Waals surface area contributed by atoms with Crippen LogP contribution >= 0.6 is 11.6 Å². The van der Waals surface area contributed by atoms with Gasteiger partial charge in [0.25, 0.3) is 0 Å². The quantitative estimate of drug-likeness (QED) is 0.876. The first kappa shape index (κ1) is 13.0. The van der Waals surface area contributed by atoms with Crippen molar-refractivity contribution in [3.8, 4) is 0 Å². The molecule has 1 aromatic carbocycles. The second kappa shape index (κ2) is 5.87. The molecule has 1 atom stereocenters. The van der Waals surface area contributed by atoms with Crippen LogP contribution in [0.2, 0.25) is 5.02 Å². The van der Waals surface area contributed by atoms with Gasteiger partial charge in [-0.15, -0.1) is 0 Å². The van der Waals surface area contributed by atoms with E-state index in [4.69, 9.17) is 17.3 Å². The van der Waals surface area contributed by atoms with Crippen LogP contribution in [0.5, 0.6) is 0 Å². The standard InChI is InChI=1S/C12H17ClN2O/c1-3-15(12(16)9(2)14)8-10-4-6-11(13)7-5-10/h4-7,9H,3,8,14H2,1-2H3/t9-/m0/s1. The Bertz CT molecular complexity index is 349. The van der Waals surface area contributed by atoms with E-state index in [1.54, 1.807) is 11.8 Å². The molecule has 88 valence electrons. The third-order valence-electron chi connectivity index (χ3n) is 2.37. The molecule has 0 aliphatic heterocycles. The number of hydrogen-bond donors (Lipinski definition) is 1. The fourth-order valence-electron chi connectivity index (χ4n) is 1.44. The molecule has 1 aromatic rings. The first-order valence-electron chi connectivity index (χ1n) is 5.33. The fourth-order valence-corrected chi connectivity index (χ4v) is 1.57. The Balaban J connectivity index is 2.70. The Morgan fingerprint density at radius 2 is 2.00 bits per heavy atom. The van der Waals surface area contributed by atoms with E-state index in [-0.39, 0.29) is 5.91 Å². The molecular formula is C12H17ClN2O. The molecule has 0 saturated heterocycles. The zero-order valence-electron chi connectivity index (χ0n) is 9.61. The van der Waals surface area contributed by atoms with Crippen LogP contribution in [0, 0.1) is 0 Å². The van der Waals surface area contributed by atoms with Gasteiger partial charge in [-0.3, -0.25) is 4.79 Å². The summed E-state index contributed by atoms with van der Waals surface area (Å²) in [6.45, 7) is 4.88. The number of nitrogens with two attached hydrogens (primary N) is 1. The largest absolute Gasteiger partial charge is 0.337 e. The van der Waals surface area contributed by atoms with Crippen molar-refractivity contribution >= 4 is 17.5 Å². The number of carbonyl (C=O) groups is 1. The van der Waals surface area contributed by atoms with Crippen molar-refractivity contribution in [3.05, 3.63) is 34.9 Å². The number of halogens is 1. The summed E-state index contributed by atoms with van der Waals surface area (Å²) in [5, 5.41) is 0.699. The molecular weight excluding hydrogens is 224 g/mol. The van der Waals surface area contributed by atoms with E-state index in [0.717, 1.165) is 5.56 Å². The average Bonchev–Trinajstić information content (AvgIpc) is 2.27. The number of hydrogen-bond acceptors (Lipinski definition) is 2. The monoisotopic (exact) mass is 240 g/mol. The Morgan fingerprint density at radius 1 is 1.44 bits per heavy atom. The minimum absolute atomic E-state index is 0.0301. The number of amides is 1. The van der Waals surface area contributed by atoms with Gasteiger partial charge < -0.3 is 10.6 Å². The number of nitrogens with zero attached hydrogens (tertiary/aromatic N) is 1. The Labute approximate surface area is 101 Å². The summed E-state index contributed by atoms with van der Waals surface area (Å²) < 4.78 is 0. The molecule has 0 saturated carbocycles. The van der Waals surface area contributed by atoms with Crippen molar-refractivity contribution in [2.24, 2.45) is 5.73 Å². The molecule has 0 spiro atoms. The third kappa shape index (κ3) is 3.51. The van der Waals surface area contributed by atoms with Gasteiger partial charge in [-0.25, -0.2) is 0 Å². The van der Waals surface area contributed by atoms with Gasteiger partial charge in [-0.2, -0.15) is 0 Å². The van der Waals surface area contributed by atoms with Gasteiger partial charge in [-0.1, -0.05) is 23.7 Å². The van der Waals surface area contributed by atoms with Gasteiger partial charge in [0.05, 0.1) is 6.04 Å². The van der Waals surface area contributed by atoms with E-state index >= 15 is 0 Å². The van der Waals surface area contributed by atoms with E-state index in [0.29, 0.717) is 18.1 Å². The molecule has 0 unspecified atom stereocenters. The first-order valence-corrected chi connectivity index (χ1v) is 5.71. The van der Waals surface area contributed by atoms with E-state index in [9.17, 15) is 4.79 Å². The molecule has 0 aromatic heterocycles. The zero-order valence-corrected chi connectivity index (χ0v) is 10.4. The van der Waals surface area contributed by atoms with E-state index in [1.165, 1.54) is 0 Å². The molecule has 0 aliphatic carbocycles. The van der Waals surface area contributed by atoms with Crippen LogP contribution in [0.4, 0.5) is 0 Å². The second-order valence-corrected chi connectivity index (χ2v) is 4.20. The Kier molecular flexibility index (Phi) is 4.77. The highest BCUT2D eigenvalue weighted by molar-refractivity contribution is 6.30. The van der Waals surface area contributed by atoms with Gasteiger partial charge in [0.15, 0.2) is 0 Å². The highest BCUT2D eigenvalue weighted by atomic mass is 35.5. The summed E-state index contributed by atoms with van der Waals surface area (Å²) in [5.74, 6) is -0.0301. The lowest BCUT2D eigenvalue weighted by Crippen LogP contribution is -2.41. The van der Waals surface area contributed by atoms with Crippen molar-refractivity contribution in [2.45, 2.75) is 26.4 Å². The van der Waals surface area contributed by atoms with Crippen molar-refractivity contribution in [2.75, 3.05) is 6.54 Å². The average molecular weight is 241 g/mol. The molecule has 0 fully saturated rings. The lowest BCUT2D eigenvalue weighted by atomic mass is 10.2. The molecule has 1 amide bonds. The first-order chi connectivity index (χ1) is 7.54. The molecule has 2 N–H and O–H groups in total. The normalized spacial score (nSPS) is 12.2. The van der Waals surface area contributed by atoms with Gasteiger partial charge in [0, 0.05) is 18.1 Å². The van der Waals surface area contributed by atoms with Gasteiger partial charge in [0.1, 0.15) is 0 Å². The van der Waals surface area contributed by atoms with Crippen LogP contribution in [0.1, 0.15) is 19.4 Å². The van der Waals surface area contributed by atoms with Crippen LogP contribution in [0.3, 0.4) is 0 Å². The highest BCUT2D eigenvalue weighted by Crippen LogP contribution is 2.11. The predicted molar refractivity (Wildman–Crippen MR) is 66.2 cm³/mol. The molecule has 0 radical (unpaired) electrons. The maximum atomic E-state index is 11.7. The van der Waals surface area contributed by atoms with Crippen molar-refractivity contribution in [1.82, 2.24) is 4.90 Å². The molecule has 0 heterocycles. The summed E-state index contributed by atoms with van der Waals surface area (Å²) in [6.07, 6.45) is 0. The van der Waals surface area contributed by atoms with Crippen LogP contribution in [0.25, 0.3) is 0 Å². The van der Waals surface area contributed by atoms with Crippen LogP contribution < -0.4 is 5.73 Å². The van der Waals surface area contributed by atoms with Gasteiger partial charge in [-0.05, 0) is 31.5 Å². The van der Waals surface area contributed by atoms with Crippen molar-refractivity contribution in [1.29, 1.82) is 0 Å². The summed E-state index contributed by atoms with van der Waals surface area (Å²) in [7, 11) is 0. The molecule has 3 nitrogen and oxygen atoms in total. The van der Waals surface area contributed by atoms with Gasteiger partial charge >= 0.3 is 0 Å². The lowest BCUT2D eigenvalue weighted by Gasteiger charge is -2.22. The summed E-state index contributed by atoms with van der Waals surface area (Å²) >= 11 is 5.79. The number of carbonyl (C=O) groups excluding carboxylic acids is 1. The van der Waals surface area contributed by atoms with E-state index in [1.807, 2.05) is 31.2 Å². The highest BCUT2D eigenvalue weighted by Gasteiger charge is 2.15. The second-order valence-electron chi connectivity index (χ2n) is 3.77. The fraction of sp³-hybridized carbons (Fsp3) is 0.417. The molecule has 1 rings (SSSR count). The maximum absolute atomic E-state index is 11.7. The van der Waals surface area contributed by atoms with Crippen LogP contribution in [-0.4, -0.2) is 23.4 Å². The Hall–Kier alpha value is -1.06. The lowest BCUT2D eigenvalue weighted by molar-refractivity contribution is -0.132. The summed E-state index contributed by atoms with van der Waals surface area (Å²) in [5.41, 5.74) is 6.63. The number of rotatable bonds is 4. The SMILES string of the molecule is CCN(Cc1ccc(Cl)cc1)C(=O)[C@H](C)N. The Morgan fingerprint density at radius 3 is 2.44 bits per heavy atom. The molecule has 16 heavy (non-hydrogen) atoms. The minimum atomic E-state index is -0.452. The number of likely N-dealkylation sites (N-methyl/N-ethyl adjacent to an activating group) is 1. The maximum Gasteiger partial charge on any atom is 0.239 e. The smallest absolute Gasteiger partial charge is 0.239 e. The summed E-state index contributed by atoms with van der Waals surface area (Å²) in [4.78, 5) is 13.5. The van der Waals surface area contributed by atoms with Crippen molar-refractivity contribution in [3.63, 3.8) is 0 Å². The summed E-state index contributed by atoms with van der Waals surface area (Å²) in [6, 6.07) is 7.02. The van der Waals surface area contributed by atoms with E-state index in [2.05, 4.69) is 0 Å². The van der Waals surface area contributed by atoms with Gasteiger partial charge in [0.2, 0.25) is 5.91 Å². The predicted octanol–water partition coefficient (Wildman–Crippen LogP) is 2.04. The third-order valence-corrected chi connectivity index (χ3v) is 2.62. The topological polar surface area (TPSA) is 46.3 Å². The van der Waals surface area contributed by atoms with Crippen LogP contribution in [-0.2, 0) is 11.3 Å². The molecule has 4 heteroatoms. The minimum Gasteiger partial charge on any atom is -0.337 e. The zero-order chi connectivity index (χ0) is 12.1. The van der Waals surface area contributed by atoms with E-state index < -0.39 is 6.04 Å². The molecule has 0 aliphatic rings. The number of benzene rings is 1.